The average molecular weight is 292 g/mol. The minimum Gasteiger partial charge on any atom is -0.480 e. The number of hydrogen-bond acceptors (Lipinski definition) is 2. The molecule has 0 bridgehead atoms. The van der Waals surface area contributed by atoms with E-state index in [1.54, 1.807) is 7.05 Å². The number of carbonyl (C=O) groups excluding carboxylic acids is 1. The maximum atomic E-state index is 12.1. The molecule has 2 amide bonds. The molecule has 1 atom stereocenters. The van der Waals surface area contributed by atoms with Crippen LogP contribution in [0.1, 0.15) is 31.4 Å². The van der Waals surface area contributed by atoms with Crippen molar-refractivity contribution in [1.82, 2.24) is 10.2 Å². The van der Waals surface area contributed by atoms with Gasteiger partial charge in [-0.3, -0.25) is 0 Å². The Morgan fingerprint density at radius 1 is 1.29 bits per heavy atom. The lowest BCUT2D eigenvalue weighted by Crippen LogP contribution is -2.47. The Hall–Kier alpha value is -2.04. The van der Waals surface area contributed by atoms with E-state index in [1.165, 1.54) is 4.90 Å². The molecular weight excluding hydrogens is 268 g/mol. The van der Waals surface area contributed by atoms with Gasteiger partial charge in [0.15, 0.2) is 0 Å². The highest BCUT2D eigenvalue weighted by Crippen LogP contribution is 2.10. The van der Waals surface area contributed by atoms with Gasteiger partial charge in [-0.15, -0.1) is 0 Å². The first-order chi connectivity index (χ1) is 9.81. The third-order valence-electron chi connectivity index (χ3n) is 3.32. The van der Waals surface area contributed by atoms with Crippen LogP contribution in [0, 0.1) is 12.8 Å². The van der Waals surface area contributed by atoms with E-state index in [1.807, 2.05) is 45.0 Å². The second-order valence-corrected chi connectivity index (χ2v) is 5.75. The van der Waals surface area contributed by atoms with Gasteiger partial charge in [0, 0.05) is 13.6 Å². The number of nitrogens with one attached hydrogen (secondary N) is 1. The SMILES string of the molecule is Cc1ccccc1CN(C)C(=O)N[C@H](CC(C)C)C(=O)O. The predicted octanol–water partition coefficient (Wildman–Crippen LogP) is 2.64. The molecule has 0 aromatic heterocycles. The quantitative estimate of drug-likeness (QED) is 0.847. The van der Waals surface area contributed by atoms with Crippen molar-refractivity contribution in [2.45, 2.75) is 39.8 Å². The molecule has 2 N–H and O–H groups in total. The van der Waals surface area contributed by atoms with Gasteiger partial charge in [-0.1, -0.05) is 38.1 Å². The summed E-state index contributed by atoms with van der Waals surface area (Å²) >= 11 is 0. The second-order valence-electron chi connectivity index (χ2n) is 5.75. The Bertz CT molecular complexity index is 500. The van der Waals surface area contributed by atoms with Crippen molar-refractivity contribution in [3.8, 4) is 0 Å². The molecule has 0 heterocycles. The smallest absolute Gasteiger partial charge is 0.326 e. The van der Waals surface area contributed by atoms with Gasteiger partial charge in [0.25, 0.3) is 0 Å². The van der Waals surface area contributed by atoms with Gasteiger partial charge >= 0.3 is 12.0 Å². The number of urea groups is 1. The molecule has 0 radical (unpaired) electrons. The van der Waals surface area contributed by atoms with Crippen molar-refractivity contribution >= 4 is 12.0 Å². The van der Waals surface area contributed by atoms with E-state index < -0.39 is 12.0 Å². The van der Waals surface area contributed by atoms with E-state index in [4.69, 9.17) is 5.11 Å². The average Bonchev–Trinajstić information content (AvgIpc) is 2.39. The molecule has 116 valence electrons. The third kappa shape index (κ3) is 5.45. The van der Waals surface area contributed by atoms with Gasteiger partial charge < -0.3 is 15.3 Å². The minimum atomic E-state index is -0.999. The molecule has 0 fully saturated rings. The van der Waals surface area contributed by atoms with E-state index >= 15 is 0 Å². The lowest BCUT2D eigenvalue weighted by Gasteiger charge is -2.23. The van der Waals surface area contributed by atoms with Crippen molar-refractivity contribution in [2.75, 3.05) is 7.05 Å². The lowest BCUT2D eigenvalue weighted by atomic mass is 10.0. The maximum absolute atomic E-state index is 12.1. The van der Waals surface area contributed by atoms with Crippen LogP contribution in [-0.2, 0) is 11.3 Å². The number of aryl methyl sites for hydroxylation is 1. The Morgan fingerprint density at radius 2 is 1.90 bits per heavy atom. The summed E-state index contributed by atoms with van der Waals surface area (Å²) in [5.41, 5.74) is 2.15. The molecule has 0 aliphatic heterocycles. The Kier molecular flexibility index (Phi) is 6.21. The third-order valence-corrected chi connectivity index (χ3v) is 3.32. The maximum Gasteiger partial charge on any atom is 0.326 e. The molecule has 0 aliphatic carbocycles. The Morgan fingerprint density at radius 3 is 2.43 bits per heavy atom. The molecule has 1 aromatic carbocycles. The molecule has 5 nitrogen and oxygen atoms in total. The molecule has 1 aromatic rings. The first-order valence-corrected chi connectivity index (χ1v) is 7.10. The fourth-order valence-electron chi connectivity index (χ4n) is 2.07. The number of hydrogen-bond donors (Lipinski definition) is 2. The van der Waals surface area contributed by atoms with Crippen LogP contribution in [-0.4, -0.2) is 35.1 Å². The van der Waals surface area contributed by atoms with Gasteiger partial charge in [0.05, 0.1) is 0 Å². The summed E-state index contributed by atoms with van der Waals surface area (Å²) < 4.78 is 0. The Balaban J connectivity index is 2.65. The summed E-state index contributed by atoms with van der Waals surface area (Å²) in [5.74, 6) is -0.797. The van der Waals surface area contributed by atoms with Crippen LogP contribution in [0.3, 0.4) is 0 Å². The fourth-order valence-corrected chi connectivity index (χ4v) is 2.07. The first kappa shape index (κ1) is 17.0. The Labute approximate surface area is 126 Å². The van der Waals surface area contributed by atoms with Crippen molar-refractivity contribution in [2.24, 2.45) is 5.92 Å². The summed E-state index contributed by atoms with van der Waals surface area (Å²) in [6.45, 7) is 6.30. The number of carbonyl (C=O) groups is 2. The summed E-state index contributed by atoms with van der Waals surface area (Å²) in [4.78, 5) is 24.8. The lowest BCUT2D eigenvalue weighted by molar-refractivity contribution is -0.139. The molecule has 1 rings (SSSR count). The highest BCUT2D eigenvalue weighted by molar-refractivity contribution is 5.82. The molecule has 0 saturated heterocycles. The van der Waals surface area contributed by atoms with Crippen molar-refractivity contribution in [3.63, 3.8) is 0 Å². The normalized spacial score (nSPS) is 12.0. The number of rotatable bonds is 6. The number of benzene rings is 1. The molecule has 0 aliphatic rings. The zero-order valence-electron chi connectivity index (χ0n) is 13.1. The van der Waals surface area contributed by atoms with E-state index in [-0.39, 0.29) is 11.9 Å². The predicted molar refractivity (Wildman–Crippen MR) is 82.1 cm³/mol. The highest BCUT2D eigenvalue weighted by atomic mass is 16.4. The largest absolute Gasteiger partial charge is 0.480 e. The van der Waals surface area contributed by atoms with Crippen molar-refractivity contribution < 1.29 is 14.7 Å². The molecule has 0 spiro atoms. The van der Waals surface area contributed by atoms with Crippen LogP contribution < -0.4 is 5.32 Å². The zero-order valence-corrected chi connectivity index (χ0v) is 13.1. The number of carboxylic acids is 1. The van der Waals surface area contributed by atoms with Crippen LogP contribution in [0.5, 0.6) is 0 Å². The van der Waals surface area contributed by atoms with Crippen molar-refractivity contribution in [1.29, 1.82) is 0 Å². The van der Waals surface area contributed by atoms with Crippen LogP contribution >= 0.6 is 0 Å². The van der Waals surface area contributed by atoms with Gasteiger partial charge in [-0.25, -0.2) is 9.59 Å². The van der Waals surface area contributed by atoms with E-state index in [0.717, 1.165) is 11.1 Å². The van der Waals surface area contributed by atoms with E-state index in [2.05, 4.69) is 5.32 Å². The molecule has 0 unspecified atom stereocenters. The molecule has 5 heteroatoms. The van der Waals surface area contributed by atoms with Gasteiger partial charge in [0.2, 0.25) is 0 Å². The minimum absolute atomic E-state index is 0.202. The highest BCUT2D eigenvalue weighted by Gasteiger charge is 2.22. The second kappa shape index (κ2) is 7.67. The molecular formula is C16H24N2O3. The zero-order chi connectivity index (χ0) is 16.0. The van der Waals surface area contributed by atoms with Crippen LogP contribution in [0.25, 0.3) is 0 Å². The summed E-state index contributed by atoms with van der Waals surface area (Å²) in [6.07, 6.45) is 0.416. The summed E-state index contributed by atoms with van der Waals surface area (Å²) in [5, 5.41) is 11.7. The van der Waals surface area contributed by atoms with Gasteiger partial charge in [0.1, 0.15) is 6.04 Å². The van der Waals surface area contributed by atoms with Crippen LogP contribution in [0.4, 0.5) is 4.79 Å². The van der Waals surface area contributed by atoms with E-state index in [0.29, 0.717) is 13.0 Å². The molecule has 0 saturated carbocycles. The number of amides is 2. The van der Waals surface area contributed by atoms with Crippen LogP contribution in [0.2, 0.25) is 0 Å². The van der Waals surface area contributed by atoms with Gasteiger partial charge in [-0.05, 0) is 30.4 Å². The topological polar surface area (TPSA) is 69.6 Å². The van der Waals surface area contributed by atoms with E-state index in [9.17, 15) is 9.59 Å². The molecule has 21 heavy (non-hydrogen) atoms. The summed E-state index contributed by atoms with van der Waals surface area (Å²) in [6, 6.07) is 6.60. The monoisotopic (exact) mass is 292 g/mol. The fraction of sp³-hybridized carbons (Fsp3) is 0.500. The number of nitrogens with zero attached hydrogens (tertiary/aromatic N) is 1. The van der Waals surface area contributed by atoms with Crippen LogP contribution in [0.15, 0.2) is 24.3 Å². The first-order valence-electron chi connectivity index (χ1n) is 7.10. The number of carboxylic acid groups (broad SMARTS) is 1. The number of aliphatic carboxylic acids is 1. The summed E-state index contributed by atoms with van der Waals surface area (Å²) in [7, 11) is 1.66. The van der Waals surface area contributed by atoms with Gasteiger partial charge in [-0.2, -0.15) is 0 Å². The standard InChI is InChI=1S/C16H24N2O3/c1-11(2)9-14(15(19)20)17-16(21)18(4)10-13-8-6-5-7-12(13)3/h5-8,11,14H,9-10H2,1-4H3,(H,17,21)(H,19,20)/t14-/m1/s1. The van der Waals surface area contributed by atoms with Crippen molar-refractivity contribution in [3.05, 3.63) is 35.4 Å².